The third kappa shape index (κ3) is 8.04. The molecule has 1 aromatic heterocycles. The van der Waals surface area contributed by atoms with Crippen molar-refractivity contribution in [1.29, 1.82) is 0 Å². The first-order valence-corrected chi connectivity index (χ1v) is 8.66. The van der Waals surface area contributed by atoms with Gasteiger partial charge in [0.05, 0.1) is 6.61 Å². The van der Waals surface area contributed by atoms with Gasteiger partial charge in [-0.2, -0.15) is 0 Å². The number of carbonyl (C=O) groups is 1. The molecule has 130 valence electrons. The van der Waals surface area contributed by atoms with E-state index in [4.69, 9.17) is 9.47 Å². The van der Waals surface area contributed by atoms with Gasteiger partial charge in [0.15, 0.2) is 0 Å². The zero-order valence-corrected chi connectivity index (χ0v) is 15.4. The van der Waals surface area contributed by atoms with Gasteiger partial charge in [0, 0.05) is 36.4 Å². The first-order valence-electron chi connectivity index (χ1n) is 7.84. The van der Waals surface area contributed by atoms with Gasteiger partial charge in [-0.3, -0.25) is 0 Å². The first-order chi connectivity index (χ1) is 11.6. The van der Waals surface area contributed by atoms with Crippen molar-refractivity contribution in [1.82, 2.24) is 4.98 Å². The summed E-state index contributed by atoms with van der Waals surface area (Å²) in [5, 5.41) is 1.11. The summed E-state index contributed by atoms with van der Waals surface area (Å²) < 4.78 is 9.54. The molecule has 2 rings (SSSR count). The van der Waals surface area contributed by atoms with Crippen LogP contribution in [0.3, 0.4) is 0 Å². The van der Waals surface area contributed by atoms with E-state index in [9.17, 15) is 4.79 Å². The molecule has 0 unspecified atom stereocenters. The second-order valence-electron chi connectivity index (χ2n) is 5.22. The molecular weight excluding hydrogens is 322 g/mol. The van der Waals surface area contributed by atoms with Crippen molar-refractivity contribution in [3.63, 3.8) is 0 Å². The summed E-state index contributed by atoms with van der Waals surface area (Å²) in [5.74, 6) is -0.359. The molecule has 0 amide bonds. The molecular formula is C19H25NO3S. The van der Waals surface area contributed by atoms with Gasteiger partial charge < -0.3 is 9.47 Å². The minimum absolute atomic E-state index is 0.359. The van der Waals surface area contributed by atoms with E-state index in [0.717, 1.165) is 23.9 Å². The highest BCUT2D eigenvalue weighted by Gasteiger charge is 2.01. The summed E-state index contributed by atoms with van der Waals surface area (Å²) in [6, 6.07) is 8.44. The van der Waals surface area contributed by atoms with Crippen molar-refractivity contribution >= 4 is 17.3 Å². The number of esters is 1. The van der Waals surface area contributed by atoms with E-state index < -0.39 is 0 Å². The molecule has 0 aliphatic carbocycles. The molecule has 0 saturated heterocycles. The Morgan fingerprint density at radius 1 is 1.29 bits per heavy atom. The van der Waals surface area contributed by atoms with Crippen molar-refractivity contribution in [3.05, 3.63) is 53.6 Å². The highest BCUT2D eigenvalue weighted by Crippen LogP contribution is 2.24. The second-order valence-corrected chi connectivity index (χ2v) is 6.45. The number of unbranched alkanes of at least 4 members (excludes halogenated alkanes) is 1. The predicted octanol–water partition coefficient (Wildman–Crippen LogP) is 4.57. The maximum atomic E-state index is 10.5. The molecule has 1 heterocycles. The Morgan fingerprint density at radius 2 is 2.04 bits per heavy atom. The van der Waals surface area contributed by atoms with Crippen LogP contribution in [0.2, 0.25) is 0 Å². The van der Waals surface area contributed by atoms with Crippen molar-refractivity contribution < 1.29 is 14.3 Å². The van der Waals surface area contributed by atoms with E-state index in [-0.39, 0.29) is 5.97 Å². The number of ether oxygens (including phenoxy) is 2. The highest BCUT2D eigenvalue weighted by atomic mass is 32.1. The number of methoxy groups -OCH3 is 1. The van der Waals surface area contributed by atoms with Gasteiger partial charge in [0.25, 0.3) is 0 Å². The molecule has 0 aliphatic heterocycles. The minimum Gasteiger partial charge on any atom is -0.463 e. The van der Waals surface area contributed by atoms with E-state index in [0.29, 0.717) is 13.2 Å². The van der Waals surface area contributed by atoms with E-state index in [1.807, 2.05) is 6.20 Å². The molecule has 0 radical (unpaired) electrons. The summed E-state index contributed by atoms with van der Waals surface area (Å²) in [6.07, 6.45) is 4.84. The molecule has 0 bridgehead atoms. The summed E-state index contributed by atoms with van der Waals surface area (Å²) in [5.41, 5.74) is 2.50. The van der Waals surface area contributed by atoms with Crippen LogP contribution in [-0.2, 0) is 14.3 Å². The van der Waals surface area contributed by atoms with E-state index >= 15 is 0 Å². The number of nitrogens with zero attached hydrogens (tertiary/aromatic N) is 1. The molecule has 5 heteroatoms. The number of thiazole rings is 1. The van der Waals surface area contributed by atoms with Gasteiger partial charge in [-0.15, -0.1) is 11.3 Å². The second kappa shape index (κ2) is 11.5. The Hall–Kier alpha value is -1.98. The Kier molecular flexibility index (Phi) is 9.65. The normalized spacial score (nSPS) is 9.79. The van der Waals surface area contributed by atoms with Crippen molar-refractivity contribution in [2.24, 2.45) is 0 Å². The van der Waals surface area contributed by atoms with Gasteiger partial charge >= 0.3 is 5.97 Å². The molecule has 0 N–H and O–H groups in total. The highest BCUT2D eigenvalue weighted by molar-refractivity contribution is 7.14. The molecule has 4 nitrogen and oxygen atoms in total. The third-order valence-electron chi connectivity index (χ3n) is 3.04. The third-order valence-corrected chi connectivity index (χ3v) is 4.00. The monoisotopic (exact) mass is 347 g/mol. The number of hydrogen-bond acceptors (Lipinski definition) is 5. The molecule has 0 spiro atoms. The van der Waals surface area contributed by atoms with E-state index in [2.05, 4.69) is 49.7 Å². The number of aryl methyl sites for hydroxylation is 2. The smallest absolute Gasteiger partial charge is 0.330 e. The van der Waals surface area contributed by atoms with Gasteiger partial charge in [0.2, 0.25) is 0 Å². The fourth-order valence-corrected chi connectivity index (χ4v) is 2.61. The lowest BCUT2D eigenvalue weighted by atomic mass is 10.1. The number of hydrogen-bond donors (Lipinski definition) is 0. The average molecular weight is 347 g/mol. The quantitative estimate of drug-likeness (QED) is 0.418. The zero-order valence-electron chi connectivity index (χ0n) is 14.6. The molecule has 0 aliphatic rings. The lowest BCUT2D eigenvalue weighted by molar-refractivity contribution is -0.137. The zero-order chi connectivity index (χ0) is 17.8. The minimum atomic E-state index is -0.359. The summed E-state index contributed by atoms with van der Waals surface area (Å²) in [6.45, 7) is 8.62. The SMILES string of the molecule is C=CC(=O)OCCCCOC.Cc1cccc(-c2ncc(C)s2)c1. The van der Waals surface area contributed by atoms with Crippen molar-refractivity contribution in [2.75, 3.05) is 20.3 Å². The molecule has 0 saturated carbocycles. The van der Waals surface area contributed by atoms with Crippen LogP contribution in [0.5, 0.6) is 0 Å². The van der Waals surface area contributed by atoms with Crippen LogP contribution in [-0.4, -0.2) is 31.3 Å². The lowest BCUT2D eigenvalue weighted by Crippen LogP contribution is -2.02. The van der Waals surface area contributed by atoms with E-state index in [1.165, 1.54) is 16.0 Å². The van der Waals surface area contributed by atoms with E-state index in [1.54, 1.807) is 18.4 Å². The van der Waals surface area contributed by atoms with Gasteiger partial charge in [-0.1, -0.05) is 30.3 Å². The fourth-order valence-electron chi connectivity index (χ4n) is 1.85. The Balaban J connectivity index is 0.000000245. The summed E-state index contributed by atoms with van der Waals surface area (Å²) >= 11 is 1.74. The van der Waals surface area contributed by atoms with Gasteiger partial charge in [0.1, 0.15) is 5.01 Å². The fraction of sp³-hybridized carbons (Fsp3) is 0.368. The lowest BCUT2D eigenvalue weighted by Gasteiger charge is -2.00. The van der Waals surface area contributed by atoms with Crippen LogP contribution in [0, 0.1) is 13.8 Å². The number of carbonyl (C=O) groups excluding carboxylic acids is 1. The molecule has 0 atom stereocenters. The summed E-state index contributed by atoms with van der Waals surface area (Å²) in [7, 11) is 1.65. The average Bonchev–Trinajstić information content (AvgIpc) is 3.01. The first kappa shape index (κ1) is 20.1. The largest absolute Gasteiger partial charge is 0.463 e. The Labute approximate surface area is 148 Å². The van der Waals surface area contributed by atoms with Crippen LogP contribution >= 0.6 is 11.3 Å². The van der Waals surface area contributed by atoms with Crippen LogP contribution in [0.4, 0.5) is 0 Å². The molecule has 2 aromatic rings. The van der Waals surface area contributed by atoms with Crippen LogP contribution in [0.1, 0.15) is 23.3 Å². The summed E-state index contributed by atoms with van der Waals surface area (Å²) in [4.78, 5) is 16.1. The van der Waals surface area contributed by atoms with Crippen molar-refractivity contribution in [3.8, 4) is 10.6 Å². The van der Waals surface area contributed by atoms with Crippen LogP contribution in [0.25, 0.3) is 10.6 Å². The van der Waals surface area contributed by atoms with Crippen molar-refractivity contribution in [2.45, 2.75) is 26.7 Å². The van der Waals surface area contributed by atoms with Crippen LogP contribution in [0.15, 0.2) is 43.1 Å². The number of benzene rings is 1. The maximum absolute atomic E-state index is 10.5. The number of aromatic nitrogens is 1. The Bertz CT molecular complexity index is 637. The Morgan fingerprint density at radius 3 is 2.62 bits per heavy atom. The molecule has 0 fully saturated rings. The molecule has 1 aromatic carbocycles. The van der Waals surface area contributed by atoms with Crippen LogP contribution < -0.4 is 0 Å². The standard InChI is InChI=1S/C11H11NS.C8H14O3/c1-8-4-3-5-10(6-8)11-12-7-9(2)13-11;1-3-8(9)11-7-5-4-6-10-2/h3-7H,1-2H3;3H,1,4-7H2,2H3. The molecule has 24 heavy (non-hydrogen) atoms. The van der Waals surface area contributed by atoms with Gasteiger partial charge in [-0.25, -0.2) is 9.78 Å². The maximum Gasteiger partial charge on any atom is 0.330 e. The predicted molar refractivity (Wildman–Crippen MR) is 99.3 cm³/mol. The topological polar surface area (TPSA) is 48.4 Å². The van der Waals surface area contributed by atoms with Gasteiger partial charge in [-0.05, 0) is 32.8 Å². The number of rotatable bonds is 7.